The summed E-state index contributed by atoms with van der Waals surface area (Å²) in [5.74, 6) is 1.63. The molecule has 156 valence electrons. The maximum atomic E-state index is 6.37. The molecule has 1 saturated heterocycles. The molecule has 3 heterocycles. The molecule has 30 heavy (non-hydrogen) atoms. The highest BCUT2D eigenvalue weighted by Gasteiger charge is 2.41. The van der Waals surface area contributed by atoms with E-state index in [0.29, 0.717) is 11.7 Å². The summed E-state index contributed by atoms with van der Waals surface area (Å²) >= 11 is 12.0. The second-order valence-corrected chi connectivity index (χ2v) is 8.07. The van der Waals surface area contributed by atoms with E-state index >= 15 is 0 Å². The summed E-state index contributed by atoms with van der Waals surface area (Å²) in [5.41, 5.74) is 2.91. The second kappa shape index (κ2) is 9.16. The molecule has 2 atom stereocenters. The van der Waals surface area contributed by atoms with E-state index < -0.39 is 0 Å². The molecule has 1 N–H and O–H groups in total. The van der Waals surface area contributed by atoms with Crippen LogP contribution in [0.15, 0.2) is 59.1 Å². The lowest BCUT2D eigenvalue weighted by atomic mass is 10.0. The number of hydrogen-bond acceptors (Lipinski definition) is 4. The lowest BCUT2D eigenvalue weighted by Crippen LogP contribution is -2.31. The Morgan fingerprint density at radius 2 is 2.07 bits per heavy atom. The third-order valence-corrected chi connectivity index (χ3v) is 6.16. The van der Waals surface area contributed by atoms with E-state index in [0.717, 1.165) is 46.3 Å². The number of ether oxygens (including phenoxy) is 1. The van der Waals surface area contributed by atoms with E-state index in [1.807, 2.05) is 55.5 Å². The first-order valence-electron chi connectivity index (χ1n) is 9.92. The number of aromatic nitrogens is 1. The van der Waals surface area contributed by atoms with E-state index in [1.54, 1.807) is 13.3 Å². The lowest BCUT2D eigenvalue weighted by molar-refractivity contribution is 0.177. The number of rotatable bonds is 7. The Bertz CT molecular complexity index is 1020. The van der Waals surface area contributed by atoms with Crippen LogP contribution in [0.5, 0.6) is 0 Å². The molecular weight excluding hydrogens is 418 g/mol. The molecule has 1 aliphatic rings. The van der Waals surface area contributed by atoms with Gasteiger partial charge in [0.1, 0.15) is 17.6 Å². The molecule has 5 nitrogen and oxygen atoms in total. The topological polar surface area (TPSA) is 50.5 Å². The van der Waals surface area contributed by atoms with Crippen molar-refractivity contribution in [3.05, 3.63) is 76.8 Å². The highest BCUT2D eigenvalue weighted by atomic mass is 35.5. The van der Waals surface area contributed by atoms with E-state index in [1.165, 1.54) is 0 Å². The Hall–Kier alpha value is -2.41. The van der Waals surface area contributed by atoms with Gasteiger partial charge in [-0.2, -0.15) is 0 Å². The van der Waals surface area contributed by atoms with Gasteiger partial charge in [0.25, 0.3) is 0 Å². The molecule has 0 saturated carbocycles. The van der Waals surface area contributed by atoms with Crippen molar-refractivity contribution in [1.29, 1.82) is 0 Å². The van der Waals surface area contributed by atoms with E-state index in [4.69, 9.17) is 33.0 Å². The van der Waals surface area contributed by atoms with Crippen molar-refractivity contribution >= 4 is 28.9 Å². The summed E-state index contributed by atoms with van der Waals surface area (Å²) in [6, 6.07) is 15.6. The Morgan fingerprint density at radius 3 is 2.83 bits per heavy atom. The lowest BCUT2D eigenvalue weighted by Gasteiger charge is -2.26. The number of pyridine rings is 1. The Balaban J connectivity index is 1.71. The molecule has 0 aliphatic carbocycles. The predicted octanol–water partition coefficient (Wildman–Crippen LogP) is 5.31. The van der Waals surface area contributed by atoms with Gasteiger partial charge in [0.05, 0.1) is 11.7 Å². The minimum Gasteiger partial charge on any atom is -0.459 e. The van der Waals surface area contributed by atoms with Crippen LogP contribution >= 0.6 is 23.8 Å². The van der Waals surface area contributed by atoms with Crippen LogP contribution in [-0.2, 0) is 4.74 Å². The van der Waals surface area contributed by atoms with Gasteiger partial charge in [-0.25, -0.2) is 0 Å². The summed E-state index contributed by atoms with van der Waals surface area (Å²) in [4.78, 5) is 6.73. The molecule has 0 spiro atoms. The van der Waals surface area contributed by atoms with Gasteiger partial charge in [-0.05, 0) is 61.5 Å². The number of methoxy groups -OCH3 is 1. The van der Waals surface area contributed by atoms with Gasteiger partial charge in [-0.3, -0.25) is 4.98 Å². The maximum Gasteiger partial charge on any atom is 0.170 e. The Morgan fingerprint density at radius 1 is 1.20 bits per heavy atom. The summed E-state index contributed by atoms with van der Waals surface area (Å²) < 4.78 is 11.6. The van der Waals surface area contributed by atoms with Crippen molar-refractivity contribution in [3.63, 3.8) is 0 Å². The van der Waals surface area contributed by atoms with Crippen molar-refractivity contribution in [2.45, 2.75) is 25.4 Å². The average molecular weight is 442 g/mol. The quantitative estimate of drug-likeness (QED) is 0.396. The van der Waals surface area contributed by atoms with E-state index in [-0.39, 0.29) is 12.1 Å². The molecule has 1 aromatic carbocycles. The first kappa shape index (κ1) is 20.8. The molecule has 1 aliphatic heterocycles. The van der Waals surface area contributed by atoms with Gasteiger partial charge in [0.15, 0.2) is 5.11 Å². The van der Waals surface area contributed by atoms with Crippen molar-refractivity contribution < 1.29 is 9.15 Å². The molecule has 2 aromatic heterocycles. The number of nitrogens with zero attached hydrogens (tertiary/aromatic N) is 2. The normalized spacial score (nSPS) is 18.6. The third-order valence-electron chi connectivity index (χ3n) is 5.40. The third kappa shape index (κ3) is 4.08. The standard InChI is InChI=1S/C23H24ClN3O2S/c1-15-16(7-5-8-17(15)24)19-10-11-20(29-19)22-21(18-9-3-4-12-25-18)26-23(30)27(22)13-6-14-28-2/h3-5,7-12,21-22H,6,13-14H2,1-2H3,(H,26,30)/t21-,22-/m0/s1. The molecular formula is C23H24ClN3O2S. The van der Waals surface area contributed by atoms with Gasteiger partial charge in [-0.15, -0.1) is 0 Å². The van der Waals surface area contributed by atoms with Gasteiger partial charge >= 0.3 is 0 Å². The van der Waals surface area contributed by atoms with Gasteiger partial charge < -0.3 is 19.4 Å². The fourth-order valence-corrected chi connectivity index (χ4v) is 4.37. The van der Waals surface area contributed by atoms with Gasteiger partial charge in [-0.1, -0.05) is 29.8 Å². The number of hydrogen-bond donors (Lipinski definition) is 1. The monoisotopic (exact) mass is 441 g/mol. The molecule has 7 heteroatoms. The van der Waals surface area contributed by atoms with Crippen LogP contribution in [0.4, 0.5) is 0 Å². The second-order valence-electron chi connectivity index (χ2n) is 7.28. The van der Waals surface area contributed by atoms with Crippen molar-refractivity contribution in [2.75, 3.05) is 20.3 Å². The number of benzene rings is 1. The van der Waals surface area contributed by atoms with Crippen LogP contribution in [0, 0.1) is 6.92 Å². The fraction of sp³-hybridized carbons (Fsp3) is 0.304. The average Bonchev–Trinajstić information content (AvgIpc) is 3.36. The van der Waals surface area contributed by atoms with Gasteiger partial charge in [0.2, 0.25) is 0 Å². The Labute approximate surface area is 187 Å². The summed E-state index contributed by atoms with van der Waals surface area (Å²) in [5, 5.41) is 4.86. The summed E-state index contributed by atoms with van der Waals surface area (Å²) in [6.07, 6.45) is 2.67. The minimum atomic E-state index is -0.0995. The minimum absolute atomic E-state index is 0.0966. The zero-order valence-corrected chi connectivity index (χ0v) is 18.5. The van der Waals surface area contributed by atoms with Crippen molar-refractivity contribution in [3.8, 4) is 11.3 Å². The van der Waals surface area contributed by atoms with E-state index in [9.17, 15) is 0 Å². The highest BCUT2D eigenvalue weighted by molar-refractivity contribution is 7.80. The Kier molecular flexibility index (Phi) is 6.37. The number of furan rings is 1. The zero-order chi connectivity index (χ0) is 21.1. The van der Waals surface area contributed by atoms with Crippen LogP contribution in [0.25, 0.3) is 11.3 Å². The van der Waals surface area contributed by atoms with Crippen LogP contribution in [0.2, 0.25) is 5.02 Å². The molecule has 1 fully saturated rings. The molecule has 0 unspecified atom stereocenters. The fourth-order valence-electron chi connectivity index (χ4n) is 3.87. The SMILES string of the molecule is COCCCN1C(=S)N[C@@H](c2ccccn2)[C@@H]1c1ccc(-c2cccc(Cl)c2C)o1. The largest absolute Gasteiger partial charge is 0.459 e. The number of thiocarbonyl (C=S) groups is 1. The summed E-state index contributed by atoms with van der Waals surface area (Å²) in [7, 11) is 1.71. The molecule has 0 bridgehead atoms. The van der Waals surface area contributed by atoms with Gasteiger partial charge in [0, 0.05) is 37.0 Å². The van der Waals surface area contributed by atoms with E-state index in [2.05, 4.69) is 15.2 Å². The van der Waals surface area contributed by atoms with Crippen molar-refractivity contribution in [1.82, 2.24) is 15.2 Å². The summed E-state index contributed by atoms with van der Waals surface area (Å²) in [6.45, 7) is 3.44. The van der Waals surface area contributed by atoms with Crippen LogP contribution in [0.3, 0.4) is 0 Å². The zero-order valence-electron chi connectivity index (χ0n) is 17.0. The number of nitrogens with one attached hydrogen (secondary N) is 1. The predicted molar refractivity (Wildman–Crippen MR) is 123 cm³/mol. The number of halogens is 1. The smallest absolute Gasteiger partial charge is 0.170 e. The molecule has 3 aromatic rings. The first-order valence-corrected chi connectivity index (χ1v) is 10.7. The molecule has 0 radical (unpaired) electrons. The maximum absolute atomic E-state index is 6.37. The van der Waals surface area contributed by atoms with Crippen LogP contribution in [0.1, 0.15) is 35.5 Å². The van der Waals surface area contributed by atoms with Crippen LogP contribution < -0.4 is 5.32 Å². The molecule has 4 rings (SSSR count). The first-order chi connectivity index (χ1) is 14.6. The molecule has 0 amide bonds. The highest BCUT2D eigenvalue weighted by Crippen LogP contribution is 2.41. The van der Waals surface area contributed by atoms with Crippen molar-refractivity contribution in [2.24, 2.45) is 0 Å². The van der Waals surface area contributed by atoms with Crippen LogP contribution in [-0.4, -0.2) is 35.3 Å².